The summed E-state index contributed by atoms with van der Waals surface area (Å²) < 4.78 is 1.75. The van der Waals surface area contributed by atoms with Gasteiger partial charge in [-0.2, -0.15) is 5.10 Å². The summed E-state index contributed by atoms with van der Waals surface area (Å²) in [5, 5.41) is 5.02. The summed E-state index contributed by atoms with van der Waals surface area (Å²) in [5.41, 5.74) is 6.84. The molecule has 1 aliphatic heterocycles. The molecule has 1 atom stereocenters. The molecule has 2 aromatic rings. The Bertz CT molecular complexity index is 634. The molecule has 1 unspecified atom stereocenters. The van der Waals surface area contributed by atoms with Crippen LogP contribution in [0.2, 0.25) is 0 Å². The molecule has 0 spiro atoms. The largest absolute Gasteiger partial charge is 0.383 e. The Hall–Kier alpha value is -1.73. The van der Waals surface area contributed by atoms with Crippen molar-refractivity contribution in [1.29, 1.82) is 0 Å². The van der Waals surface area contributed by atoms with Gasteiger partial charge in [0.15, 0.2) is 5.65 Å². The number of nitrogen functional groups attached to an aromatic ring is 1. The van der Waals surface area contributed by atoms with Crippen LogP contribution in [0.1, 0.15) is 18.7 Å². The van der Waals surface area contributed by atoms with E-state index in [1.807, 2.05) is 7.05 Å². The van der Waals surface area contributed by atoms with Crippen LogP contribution in [-0.4, -0.2) is 62.8 Å². The van der Waals surface area contributed by atoms with Crippen molar-refractivity contribution in [3.8, 4) is 0 Å². The fourth-order valence-corrected chi connectivity index (χ4v) is 3.07. The fraction of sp³-hybridized carbons (Fsp3) is 0.643. The molecular weight excluding hydrogens is 266 g/mol. The molecule has 1 fully saturated rings. The van der Waals surface area contributed by atoms with Crippen molar-refractivity contribution < 1.29 is 0 Å². The number of aryl methyl sites for hydroxylation is 1. The van der Waals surface area contributed by atoms with Crippen molar-refractivity contribution in [2.45, 2.75) is 25.4 Å². The van der Waals surface area contributed by atoms with Crippen LogP contribution in [0, 0.1) is 0 Å². The van der Waals surface area contributed by atoms with Crippen LogP contribution in [0.15, 0.2) is 6.20 Å². The summed E-state index contributed by atoms with van der Waals surface area (Å²) in [6.45, 7) is 2.93. The van der Waals surface area contributed by atoms with E-state index in [0.29, 0.717) is 11.9 Å². The van der Waals surface area contributed by atoms with E-state index < -0.39 is 0 Å². The van der Waals surface area contributed by atoms with Gasteiger partial charge in [-0.15, -0.1) is 0 Å². The van der Waals surface area contributed by atoms with Crippen LogP contribution in [0.25, 0.3) is 11.0 Å². The molecular formula is C14H23N7. The zero-order chi connectivity index (χ0) is 15.0. The predicted molar refractivity (Wildman–Crippen MR) is 82.7 cm³/mol. The average molecular weight is 289 g/mol. The normalized spacial score (nSPS) is 19.9. The molecule has 21 heavy (non-hydrogen) atoms. The first-order valence-electron chi connectivity index (χ1n) is 7.37. The number of aromatic nitrogens is 4. The average Bonchev–Trinajstić information content (AvgIpc) is 2.98. The zero-order valence-corrected chi connectivity index (χ0v) is 13.0. The lowest BCUT2D eigenvalue weighted by Crippen LogP contribution is -2.37. The van der Waals surface area contributed by atoms with E-state index in [1.165, 1.54) is 12.8 Å². The van der Waals surface area contributed by atoms with Gasteiger partial charge in [0.2, 0.25) is 0 Å². The third-order valence-electron chi connectivity index (χ3n) is 4.09. The Balaban J connectivity index is 1.82. The lowest BCUT2D eigenvalue weighted by molar-refractivity contribution is 0.197. The molecule has 0 saturated carbocycles. The van der Waals surface area contributed by atoms with Crippen molar-refractivity contribution in [2.75, 3.05) is 32.9 Å². The van der Waals surface area contributed by atoms with E-state index in [0.717, 1.165) is 36.5 Å². The van der Waals surface area contributed by atoms with Crippen LogP contribution in [0.4, 0.5) is 5.82 Å². The maximum atomic E-state index is 6.03. The maximum Gasteiger partial charge on any atom is 0.163 e. The molecule has 7 heteroatoms. The molecule has 2 N–H and O–H groups in total. The van der Waals surface area contributed by atoms with Gasteiger partial charge in [0.05, 0.1) is 18.1 Å². The molecule has 2 aromatic heterocycles. The molecule has 0 amide bonds. The first kappa shape index (κ1) is 14.2. The highest BCUT2D eigenvalue weighted by atomic mass is 15.3. The second-order valence-electron chi connectivity index (χ2n) is 6.06. The third-order valence-corrected chi connectivity index (χ3v) is 4.09. The third kappa shape index (κ3) is 2.84. The minimum atomic E-state index is 0.520. The van der Waals surface area contributed by atoms with E-state index in [9.17, 15) is 0 Å². The quantitative estimate of drug-likeness (QED) is 0.882. The van der Waals surface area contributed by atoms with Crippen LogP contribution in [0.5, 0.6) is 0 Å². The first-order chi connectivity index (χ1) is 10.0. The Morgan fingerprint density at radius 1 is 1.38 bits per heavy atom. The number of nitrogens with zero attached hydrogens (tertiary/aromatic N) is 6. The van der Waals surface area contributed by atoms with Crippen LogP contribution < -0.4 is 5.73 Å². The van der Waals surface area contributed by atoms with Gasteiger partial charge in [-0.25, -0.2) is 9.97 Å². The van der Waals surface area contributed by atoms with Crippen molar-refractivity contribution in [3.05, 3.63) is 12.0 Å². The van der Waals surface area contributed by atoms with Crippen LogP contribution in [-0.2, 0) is 13.6 Å². The van der Waals surface area contributed by atoms with Gasteiger partial charge in [0.1, 0.15) is 11.6 Å². The minimum absolute atomic E-state index is 0.520. The van der Waals surface area contributed by atoms with Crippen LogP contribution >= 0.6 is 0 Å². The van der Waals surface area contributed by atoms with Gasteiger partial charge in [-0.3, -0.25) is 9.58 Å². The molecule has 3 rings (SSSR count). The summed E-state index contributed by atoms with van der Waals surface area (Å²) in [7, 11) is 6.11. The first-order valence-corrected chi connectivity index (χ1v) is 7.37. The lowest BCUT2D eigenvalue weighted by atomic mass is 10.2. The van der Waals surface area contributed by atoms with Crippen molar-refractivity contribution >= 4 is 16.9 Å². The van der Waals surface area contributed by atoms with E-state index in [-0.39, 0.29) is 0 Å². The van der Waals surface area contributed by atoms with Gasteiger partial charge in [0, 0.05) is 19.6 Å². The molecule has 0 radical (unpaired) electrons. The summed E-state index contributed by atoms with van der Waals surface area (Å²) >= 11 is 0. The number of likely N-dealkylation sites (N-methyl/N-ethyl adjacent to an activating group) is 1. The Kier molecular flexibility index (Phi) is 3.77. The Labute approximate surface area is 124 Å². The van der Waals surface area contributed by atoms with Crippen molar-refractivity contribution in [3.63, 3.8) is 0 Å². The number of hydrogen-bond donors (Lipinski definition) is 1. The smallest absolute Gasteiger partial charge is 0.163 e. The Morgan fingerprint density at radius 2 is 2.19 bits per heavy atom. The highest BCUT2D eigenvalue weighted by molar-refractivity contribution is 5.84. The van der Waals surface area contributed by atoms with E-state index in [2.05, 4.69) is 39.0 Å². The van der Waals surface area contributed by atoms with Gasteiger partial charge in [-0.1, -0.05) is 0 Å². The molecule has 1 saturated heterocycles. The number of rotatable bonds is 4. The number of fused-ring (bicyclic) bond motifs is 1. The SMILES string of the molecule is CN(C)CC1CCCN1Cc1nc(N)c2cnn(C)c2n1. The fourth-order valence-electron chi connectivity index (χ4n) is 3.07. The van der Waals surface area contributed by atoms with Crippen LogP contribution in [0.3, 0.4) is 0 Å². The summed E-state index contributed by atoms with van der Waals surface area (Å²) in [6.07, 6.45) is 4.20. The van der Waals surface area contributed by atoms with Gasteiger partial charge in [-0.05, 0) is 33.5 Å². The second kappa shape index (κ2) is 5.57. The van der Waals surface area contributed by atoms with E-state index >= 15 is 0 Å². The number of hydrogen-bond acceptors (Lipinski definition) is 6. The van der Waals surface area contributed by atoms with E-state index in [1.54, 1.807) is 10.9 Å². The topological polar surface area (TPSA) is 76.1 Å². The monoisotopic (exact) mass is 289 g/mol. The summed E-state index contributed by atoms with van der Waals surface area (Å²) in [5.74, 6) is 1.31. The predicted octanol–water partition coefficient (Wildman–Crippen LogP) is 0.472. The molecule has 114 valence electrons. The van der Waals surface area contributed by atoms with Gasteiger partial charge in [0.25, 0.3) is 0 Å². The summed E-state index contributed by atoms with van der Waals surface area (Å²) in [6, 6.07) is 0.576. The number of nitrogens with two attached hydrogens (primary N) is 1. The lowest BCUT2D eigenvalue weighted by Gasteiger charge is -2.26. The minimum Gasteiger partial charge on any atom is -0.383 e. The van der Waals surface area contributed by atoms with Crippen molar-refractivity contribution in [2.24, 2.45) is 7.05 Å². The van der Waals surface area contributed by atoms with Gasteiger partial charge >= 0.3 is 0 Å². The molecule has 7 nitrogen and oxygen atoms in total. The van der Waals surface area contributed by atoms with Crippen molar-refractivity contribution in [1.82, 2.24) is 29.5 Å². The Morgan fingerprint density at radius 3 is 2.95 bits per heavy atom. The molecule has 3 heterocycles. The number of likely N-dealkylation sites (tertiary alicyclic amines) is 1. The zero-order valence-electron chi connectivity index (χ0n) is 13.0. The van der Waals surface area contributed by atoms with Gasteiger partial charge < -0.3 is 10.6 Å². The molecule has 0 aliphatic carbocycles. The second-order valence-corrected chi connectivity index (χ2v) is 6.06. The van der Waals surface area contributed by atoms with E-state index in [4.69, 9.17) is 5.73 Å². The highest BCUT2D eigenvalue weighted by Crippen LogP contribution is 2.22. The molecule has 0 aromatic carbocycles. The maximum absolute atomic E-state index is 6.03. The number of anilines is 1. The standard InChI is InChI=1S/C14H23N7/c1-19(2)8-10-5-4-6-21(10)9-12-17-13(15)11-7-16-20(3)14(11)18-12/h7,10H,4-6,8-9H2,1-3H3,(H2,15,17,18). The molecule has 1 aliphatic rings. The highest BCUT2D eigenvalue weighted by Gasteiger charge is 2.26. The molecule has 0 bridgehead atoms. The summed E-state index contributed by atoms with van der Waals surface area (Å²) in [4.78, 5) is 13.8.